The fourth-order valence-electron chi connectivity index (χ4n) is 2.67. The molecule has 0 unspecified atom stereocenters. The van der Waals surface area contributed by atoms with Gasteiger partial charge < -0.3 is 9.47 Å². The van der Waals surface area contributed by atoms with Gasteiger partial charge in [0.05, 0.1) is 12.5 Å². The van der Waals surface area contributed by atoms with Crippen LogP contribution in [0.15, 0.2) is 54.9 Å². The number of benzene rings is 1. The summed E-state index contributed by atoms with van der Waals surface area (Å²) in [6.07, 6.45) is 5.27. The molecule has 3 rings (SSSR count). The number of pyridine rings is 1. The molecule has 0 N–H and O–H groups in total. The molecule has 2 heterocycles. The van der Waals surface area contributed by atoms with Crippen molar-refractivity contribution in [3.05, 3.63) is 66.0 Å². The number of rotatable bonds is 5. The molecule has 0 amide bonds. The molecule has 1 aromatic heterocycles. The number of hydrogen-bond donors (Lipinski definition) is 0. The Kier molecular flexibility index (Phi) is 4.81. The van der Waals surface area contributed by atoms with Crippen molar-refractivity contribution in [2.75, 3.05) is 6.61 Å². The lowest BCUT2D eigenvalue weighted by Gasteiger charge is -2.19. The quantitative estimate of drug-likeness (QED) is 0.795. The lowest BCUT2D eigenvalue weighted by Crippen LogP contribution is -2.18. The van der Waals surface area contributed by atoms with Gasteiger partial charge in [0.2, 0.25) is 0 Å². The summed E-state index contributed by atoms with van der Waals surface area (Å²) in [6, 6.07) is 13.5. The van der Waals surface area contributed by atoms with Crippen LogP contribution in [0.4, 0.5) is 0 Å². The van der Waals surface area contributed by atoms with Gasteiger partial charge in [0.25, 0.3) is 0 Å². The van der Waals surface area contributed by atoms with E-state index in [9.17, 15) is 4.79 Å². The molecule has 2 atom stereocenters. The van der Waals surface area contributed by atoms with E-state index in [2.05, 4.69) is 4.98 Å². The summed E-state index contributed by atoms with van der Waals surface area (Å²) in [5.74, 6) is -0.224. The molecule has 0 radical (unpaired) electrons. The Morgan fingerprint density at radius 1 is 1.18 bits per heavy atom. The summed E-state index contributed by atoms with van der Waals surface area (Å²) in [5.41, 5.74) is 1.87. The number of nitrogens with zero attached hydrogens (tertiary/aromatic N) is 1. The maximum Gasteiger partial charge on any atom is 0.309 e. The van der Waals surface area contributed by atoms with Gasteiger partial charge in [-0.1, -0.05) is 30.3 Å². The molecular weight excluding hydrogens is 278 g/mol. The summed E-state index contributed by atoms with van der Waals surface area (Å²) in [4.78, 5) is 16.3. The van der Waals surface area contributed by atoms with Crippen molar-refractivity contribution in [3.63, 3.8) is 0 Å². The summed E-state index contributed by atoms with van der Waals surface area (Å²) in [7, 11) is 0. The van der Waals surface area contributed by atoms with E-state index in [1.165, 1.54) is 0 Å². The summed E-state index contributed by atoms with van der Waals surface area (Å²) < 4.78 is 11.2. The molecule has 2 aromatic rings. The van der Waals surface area contributed by atoms with E-state index in [0.29, 0.717) is 6.42 Å². The predicted octanol–water partition coefficient (Wildman–Crippen LogP) is 3.28. The molecule has 1 fully saturated rings. The molecule has 0 spiro atoms. The Bertz CT molecular complexity index is 555. The number of esters is 1. The second kappa shape index (κ2) is 7.18. The molecule has 114 valence electrons. The van der Waals surface area contributed by atoms with Crippen molar-refractivity contribution in [1.82, 2.24) is 4.98 Å². The number of carbonyl (C=O) groups excluding carboxylic acids is 1. The largest absolute Gasteiger partial charge is 0.452 e. The monoisotopic (exact) mass is 297 g/mol. The molecule has 1 saturated heterocycles. The van der Waals surface area contributed by atoms with Crippen molar-refractivity contribution < 1.29 is 14.3 Å². The molecule has 22 heavy (non-hydrogen) atoms. The van der Waals surface area contributed by atoms with Gasteiger partial charge in [-0.05, 0) is 30.5 Å². The van der Waals surface area contributed by atoms with Gasteiger partial charge in [-0.15, -0.1) is 0 Å². The fourth-order valence-corrected chi connectivity index (χ4v) is 2.67. The van der Waals surface area contributed by atoms with Crippen molar-refractivity contribution in [3.8, 4) is 0 Å². The summed E-state index contributed by atoms with van der Waals surface area (Å²) >= 11 is 0. The zero-order valence-corrected chi connectivity index (χ0v) is 12.4. The van der Waals surface area contributed by atoms with Crippen LogP contribution < -0.4 is 0 Å². The molecule has 0 saturated carbocycles. The van der Waals surface area contributed by atoms with E-state index in [4.69, 9.17) is 9.47 Å². The van der Waals surface area contributed by atoms with E-state index in [1.54, 1.807) is 12.4 Å². The Morgan fingerprint density at radius 2 is 1.91 bits per heavy atom. The number of aromatic nitrogens is 1. The third-order valence-corrected chi connectivity index (χ3v) is 3.78. The maximum atomic E-state index is 12.2. The third-order valence-electron chi connectivity index (χ3n) is 3.78. The molecule has 4 heteroatoms. The van der Waals surface area contributed by atoms with Crippen LogP contribution in [0.5, 0.6) is 0 Å². The molecule has 0 bridgehead atoms. The zero-order valence-electron chi connectivity index (χ0n) is 12.4. The lowest BCUT2D eigenvalue weighted by atomic mass is 10.0. The van der Waals surface area contributed by atoms with Gasteiger partial charge >= 0.3 is 5.97 Å². The van der Waals surface area contributed by atoms with Crippen molar-refractivity contribution in [2.45, 2.75) is 31.5 Å². The van der Waals surface area contributed by atoms with Crippen LogP contribution in [0.1, 0.15) is 36.5 Å². The second-order valence-electron chi connectivity index (χ2n) is 5.40. The van der Waals surface area contributed by atoms with Gasteiger partial charge in [-0.3, -0.25) is 9.78 Å². The highest BCUT2D eigenvalue weighted by Gasteiger charge is 2.24. The predicted molar refractivity (Wildman–Crippen MR) is 82.2 cm³/mol. The van der Waals surface area contributed by atoms with Crippen molar-refractivity contribution in [2.24, 2.45) is 0 Å². The minimum atomic E-state index is -0.405. The number of hydrogen-bond acceptors (Lipinski definition) is 4. The van der Waals surface area contributed by atoms with E-state index in [0.717, 1.165) is 30.6 Å². The summed E-state index contributed by atoms with van der Waals surface area (Å²) in [6.45, 7) is 0.740. The molecule has 0 aliphatic carbocycles. The zero-order chi connectivity index (χ0) is 15.2. The maximum absolute atomic E-state index is 12.2. The average Bonchev–Trinajstić information content (AvgIpc) is 3.07. The minimum Gasteiger partial charge on any atom is -0.452 e. The van der Waals surface area contributed by atoms with Crippen LogP contribution in [0.2, 0.25) is 0 Å². The molecule has 4 nitrogen and oxygen atoms in total. The smallest absolute Gasteiger partial charge is 0.309 e. The first kappa shape index (κ1) is 14.7. The van der Waals surface area contributed by atoms with Crippen molar-refractivity contribution in [1.29, 1.82) is 0 Å². The number of carbonyl (C=O) groups is 1. The van der Waals surface area contributed by atoms with Crippen LogP contribution in [-0.2, 0) is 14.3 Å². The normalized spacial score (nSPS) is 18.8. The van der Waals surface area contributed by atoms with E-state index < -0.39 is 6.10 Å². The van der Waals surface area contributed by atoms with Crippen LogP contribution in [0, 0.1) is 0 Å². The molecule has 1 aliphatic rings. The first-order valence-corrected chi connectivity index (χ1v) is 7.59. The van der Waals surface area contributed by atoms with Crippen LogP contribution in [-0.4, -0.2) is 23.7 Å². The Balaban J connectivity index is 1.75. The Hall–Kier alpha value is -2.20. The van der Waals surface area contributed by atoms with Gasteiger partial charge in [-0.2, -0.15) is 0 Å². The number of ether oxygens (including phenoxy) is 2. The third kappa shape index (κ3) is 3.71. The highest BCUT2D eigenvalue weighted by molar-refractivity contribution is 5.70. The van der Waals surface area contributed by atoms with Gasteiger partial charge in [0.15, 0.2) is 6.10 Å². The standard InChI is InChI=1S/C18H19NO3/c20-17(13-16-7-4-12-21-16)22-18(14-5-2-1-3-6-14)15-8-10-19-11-9-15/h1-3,5-6,8-11,16,18H,4,7,12-13H2/t16-,18-/m0/s1. The van der Waals surface area contributed by atoms with Crippen LogP contribution >= 0.6 is 0 Å². The van der Waals surface area contributed by atoms with Crippen LogP contribution in [0.25, 0.3) is 0 Å². The van der Waals surface area contributed by atoms with Gasteiger partial charge in [-0.25, -0.2) is 0 Å². The first-order chi connectivity index (χ1) is 10.8. The van der Waals surface area contributed by atoms with Gasteiger partial charge in [0.1, 0.15) is 0 Å². The first-order valence-electron chi connectivity index (χ1n) is 7.59. The topological polar surface area (TPSA) is 48.4 Å². The second-order valence-corrected chi connectivity index (χ2v) is 5.40. The summed E-state index contributed by atoms with van der Waals surface area (Å²) in [5, 5.41) is 0. The SMILES string of the molecule is O=C(C[C@@H]1CCCO1)O[C@@H](c1ccccc1)c1ccncc1. The molecule has 1 aliphatic heterocycles. The van der Waals surface area contributed by atoms with Gasteiger partial charge in [0, 0.05) is 24.6 Å². The highest BCUT2D eigenvalue weighted by atomic mass is 16.5. The molecule has 1 aromatic carbocycles. The Morgan fingerprint density at radius 3 is 2.59 bits per heavy atom. The van der Waals surface area contributed by atoms with Crippen molar-refractivity contribution >= 4 is 5.97 Å². The van der Waals surface area contributed by atoms with E-state index in [1.807, 2.05) is 42.5 Å². The molecular formula is C18H19NO3. The average molecular weight is 297 g/mol. The highest BCUT2D eigenvalue weighted by Crippen LogP contribution is 2.27. The fraction of sp³-hybridized carbons (Fsp3) is 0.333. The lowest BCUT2D eigenvalue weighted by molar-refractivity contribution is -0.150. The minimum absolute atomic E-state index is 0.00126. The van der Waals surface area contributed by atoms with Crippen LogP contribution in [0.3, 0.4) is 0 Å². The van der Waals surface area contributed by atoms with E-state index >= 15 is 0 Å². The van der Waals surface area contributed by atoms with E-state index in [-0.39, 0.29) is 12.1 Å². The Labute approximate surface area is 130 Å².